The Kier molecular flexibility index (Phi) is 3.83. The van der Waals surface area contributed by atoms with Gasteiger partial charge < -0.3 is 4.74 Å². The summed E-state index contributed by atoms with van der Waals surface area (Å²) >= 11 is 0. The predicted octanol–water partition coefficient (Wildman–Crippen LogP) is 0.844. The van der Waals surface area contributed by atoms with Crippen molar-refractivity contribution in [2.24, 2.45) is 5.92 Å². The molecular formula is C13H21N3O3S. The van der Waals surface area contributed by atoms with E-state index in [1.807, 2.05) is 17.7 Å². The lowest BCUT2D eigenvalue weighted by Crippen LogP contribution is -2.37. The molecular weight excluding hydrogens is 278 g/mol. The van der Waals surface area contributed by atoms with Crippen molar-refractivity contribution in [1.29, 1.82) is 0 Å². The van der Waals surface area contributed by atoms with E-state index in [2.05, 4.69) is 5.10 Å². The first-order chi connectivity index (χ1) is 9.61. The van der Waals surface area contributed by atoms with E-state index in [0.717, 1.165) is 25.1 Å². The summed E-state index contributed by atoms with van der Waals surface area (Å²) in [7, 11) is -3.15. The highest BCUT2D eigenvalue weighted by molar-refractivity contribution is 7.90. The second-order valence-electron chi connectivity index (χ2n) is 5.57. The number of hydrogen-bond donors (Lipinski definition) is 0. The summed E-state index contributed by atoms with van der Waals surface area (Å²) in [4.78, 5) is 0. The van der Waals surface area contributed by atoms with Gasteiger partial charge in [-0.25, -0.2) is 8.42 Å². The standard InChI is InChI=1S/C13H21N3O3S/c1-2-19-10-11-7-15(20(17,18)13-3-4-13)9-12-5-6-14-16(12)8-11/h5-6,11,13H,2-4,7-10H2,1H3/t11-/m0/s1. The van der Waals surface area contributed by atoms with Gasteiger partial charge in [0, 0.05) is 31.8 Å². The van der Waals surface area contributed by atoms with Gasteiger partial charge in [0.2, 0.25) is 10.0 Å². The van der Waals surface area contributed by atoms with Crippen LogP contribution in [0.25, 0.3) is 0 Å². The van der Waals surface area contributed by atoms with Gasteiger partial charge in [0.1, 0.15) is 0 Å². The van der Waals surface area contributed by atoms with Crippen LogP contribution in [0.2, 0.25) is 0 Å². The summed E-state index contributed by atoms with van der Waals surface area (Å²) in [6.45, 7) is 4.86. The van der Waals surface area contributed by atoms with E-state index < -0.39 is 10.0 Å². The van der Waals surface area contributed by atoms with E-state index in [1.54, 1.807) is 10.5 Å². The van der Waals surface area contributed by atoms with E-state index >= 15 is 0 Å². The van der Waals surface area contributed by atoms with E-state index in [4.69, 9.17) is 4.74 Å². The van der Waals surface area contributed by atoms with Crippen LogP contribution in [0.15, 0.2) is 12.3 Å². The molecule has 20 heavy (non-hydrogen) atoms. The van der Waals surface area contributed by atoms with Crippen LogP contribution in [0.3, 0.4) is 0 Å². The lowest BCUT2D eigenvalue weighted by Gasteiger charge is -2.23. The molecule has 1 atom stereocenters. The monoisotopic (exact) mass is 299 g/mol. The van der Waals surface area contributed by atoms with Crippen LogP contribution in [0.1, 0.15) is 25.5 Å². The zero-order valence-corrected chi connectivity index (χ0v) is 12.6. The number of rotatable bonds is 5. The number of nitrogens with zero attached hydrogens (tertiary/aromatic N) is 3. The van der Waals surface area contributed by atoms with Crippen molar-refractivity contribution < 1.29 is 13.2 Å². The van der Waals surface area contributed by atoms with Crippen LogP contribution >= 0.6 is 0 Å². The van der Waals surface area contributed by atoms with Crippen LogP contribution in [0.5, 0.6) is 0 Å². The average molecular weight is 299 g/mol. The molecule has 7 heteroatoms. The van der Waals surface area contributed by atoms with Gasteiger partial charge in [-0.1, -0.05) is 0 Å². The zero-order chi connectivity index (χ0) is 14.2. The molecule has 1 saturated carbocycles. The second kappa shape index (κ2) is 5.46. The number of fused-ring (bicyclic) bond motifs is 1. The quantitative estimate of drug-likeness (QED) is 0.808. The molecule has 0 unspecified atom stereocenters. The van der Waals surface area contributed by atoms with Gasteiger partial charge in [0.25, 0.3) is 0 Å². The third-order valence-corrected chi connectivity index (χ3v) is 6.21. The Morgan fingerprint density at radius 3 is 2.90 bits per heavy atom. The minimum absolute atomic E-state index is 0.157. The molecule has 0 amide bonds. The highest BCUT2D eigenvalue weighted by Crippen LogP contribution is 2.33. The van der Waals surface area contributed by atoms with Crippen LogP contribution < -0.4 is 0 Å². The Morgan fingerprint density at radius 2 is 2.20 bits per heavy atom. The molecule has 1 fully saturated rings. The molecule has 3 rings (SSSR count). The fraction of sp³-hybridized carbons (Fsp3) is 0.769. The molecule has 0 saturated heterocycles. The van der Waals surface area contributed by atoms with Crippen molar-refractivity contribution in [1.82, 2.24) is 14.1 Å². The first kappa shape index (κ1) is 14.0. The normalized spacial score (nSPS) is 24.4. The lowest BCUT2D eigenvalue weighted by atomic mass is 10.1. The van der Waals surface area contributed by atoms with Gasteiger partial charge in [-0.05, 0) is 25.8 Å². The minimum atomic E-state index is -3.15. The molecule has 0 bridgehead atoms. The highest BCUT2D eigenvalue weighted by Gasteiger charge is 2.41. The third kappa shape index (κ3) is 2.75. The number of hydrogen-bond acceptors (Lipinski definition) is 4. The molecule has 2 aliphatic rings. The fourth-order valence-corrected chi connectivity index (χ4v) is 4.54. The van der Waals surface area contributed by atoms with Crippen molar-refractivity contribution in [3.8, 4) is 0 Å². The van der Waals surface area contributed by atoms with E-state index in [9.17, 15) is 8.42 Å². The summed E-state index contributed by atoms with van der Waals surface area (Å²) < 4.78 is 34.1. The lowest BCUT2D eigenvalue weighted by molar-refractivity contribution is 0.0966. The van der Waals surface area contributed by atoms with Crippen LogP contribution in [-0.4, -0.2) is 47.5 Å². The summed E-state index contributed by atoms with van der Waals surface area (Å²) in [5.74, 6) is 0.157. The smallest absolute Gasteiger partial charge is 0.217 e. The van der Waals surface area contributed by atoms with Crippen molar-refractivity contribution in [2.75, 3.05) is 19.8 Å². The maximum atomic E-state index is 12.5. The summed E-state index contributed by atoms with van der Waals surface area (Å²) in [6.07, 6.45) is 3.34. The summed E-state index contributed by atoms with van der Waals surface area (Å²) in [6, 6.07) is 1.90. The van der Waals surface area contributed by atoms with Crippen LogP contribution in [0, 0.1) is 5.92 Å². The molecule has 2 heterocycles. The molecule has 0 N–H and O–H groups in total. The van der Waals surface area contributed by atoms with Gasteiger partial charge in [-0.2, -0.15) is 9.40 Å². The Bertz CT molecular complexity index is 565. The van der Waals surface area contributed by atoms with E-state index in [1.165, 1.54) is 0 Å². The third-order valence-electron chi connectivity index (χ3n) is 3.90. The molecule has 1 aliphatic heterocycles. The number of sulfonamides is 1. The Morgan fingerprint density at radius 1 is 1.40 bits per heavy atom. The van der Waals surface area contributed by atoms with Crippen molar-refractivity contribution in [2.45, 2.75) is 38.1 Å². The molecule has 0 radical (unpaired) electrons. The molecule has 1 aromatic rings. The summed E-state index contributed by atoms with van der Waals surface area (Å²) in [5, 5.41) is 4.13. The molecule has 1 aromatic heterocycles. The Labute approximate surface area is 119 Å². The van der Waals surface area contributed by atoms with Crippen molar-refractivity contribution >= 4 is 10.0 Å². The fourth-order valence-electron chi connectivity index (χ4n) is 2.65. The van der Waals surface area contributed by atoms with Gasteiger partial charge in [-0.3, -0.25) is 4.68 Å². The number of aromatic nitrogens is 2. The average Bonchev–Trinajstić information content (AvgIpc) is 3.21. The maximum Gasteiger partial charge on any atom is 0.217 e. The molecule has 1 aliphatic carbocycles. The first-order valence-corrected chi connectivity index (χ1v) is 8.69. The molecule has 0 spiro atoms. The van der Waals surface area contributed by atoms with Gasteiger partial charge in [0.15, 0.2) is 0 Å². The molecule has 6 nitrogen and oxygen atoms in total. The SMILES string of the molecule is CCOC[C@H]1CN(S(=O)(=O)C2CC2)Cc2ccnn2C1. The van der Waals surface area contributed by atoms with E-state index in [0.29, 0.717) is 26.3 Å². The minimum Gasteiger partial charge on any atom is -0.381 e. The number of ether oxygens (including phenoxy) is 1. The van der Waals surface area contributed by atoms with Crippen LogP contribution in [-0.2, 0) is 27.8 Å². The van der Waals surface area contributed by atoms with Gasteiger partial charge in [0.05, 0.1) is 24.1 Å². The van der Waals surface area contributed by atoms with Gasteiger partial charge in [-0.15, -0.1) is 0 Å². The predicted molar refractivity (Wildman–Crippen MR) is 74.6 cm³/mol. The van der Waals surface area contributed by atoms with Crippen molar-refractivity contribution in [3.63, 3.8) is 0 Å². The van der Waals surface area contributed by atoms with Crippen molar-refractivity contribution in [3.05, 3.63) is 18.0 Å². The molecule has 0 aromatic carbocycles. The highest BCUT2D eigenvalue weighted by atomic mass is 32.2. The maximum absolute atomic E-state index is 12.5. The Balaban J connectivity index is 1.83. The summed E-state index contributed by atoms with van der Waals surface area (Å²) in [5.41, 5.74) is 0.966. The second-order valence-corrected chi connectivity index (χ2v) is 7.78. The van der Waals surface area contributed by atoms with Gasteiger partial charge >= 0.3 is 0 Å². The first-order valence-electron chi connectivity index (χ1n) is 7.18. The van der Waals surface area contributed by atoms with Crippen LogP contribution in [0.4, 0.5) is 0 Å². The topological polar surface area (TPSA) is 64.4 Å². The zero-order valence-electron chi connectivity index (χ0n) is 11.7. The Hall–Kier alpha value is -0.920. The largest absolute Gasteiger partial charge is 0.381 e. The molecule has 112 valence electrons. The van der Waals surface area contributed by atoms with E-state index in [-0.39, 0.29) is 11.2 Å².